The monoisotopic (exact) mass is 283 g/mol. The predicted molar refractivity (Wildman–Crippen MR) is 84.6 cm³/mol. The summed E-state index contributed by atoms with van der Waals surface area (Å²) in [5.74, 6) is 2.26. The van der Waals surface area contributed by atoms with Gasteiger partial charge in [-0.3, -0.25) is 0 Å². The normalized spacial score (nSPS) is 10.8. The maximum atomic E-state index is 5.78. The Bertz CT molecular complexity index is 794. The van der Waals surface area contributed by atoms with Crippen LogP contribution in [-0.2, 0) is 0 Å². The van der Waals surface area contributed by atoms with Crippen molar-refractivity contribution in [3.63, 3.8) is 0 Å². The average Bonchev–Trinajstić information content (AvgIpc) is 2.89. The van der Waals surface area contributed by atoms with E-state index in [0.717, 1.165) is 16.9 Å². The fourth-order valence-corrected chi connectivity index (χ4v) is 2.16. The van der Waals surface area contributed by atoms with Crippen LogP contribution in [0.15, 0.2) is 30.3 Å². The molecule has 0 saturated carbocycles. The highest BCUT2D eigenvalue weighted by Gasteiger charge is 2.12. The molecule has 0 spiro atoms. The van der Waals surface area contributed by atoms with Crippen molar-refractivity contribution >= 4 is 22.7 Å². The molecule has 6 heteroatoms. The molecule has 0 radical (unpaired) electrons. The van der Waals surface area contributed by atoms with Crippen LogP contribution in [0.5, 0.6) is 5.75 Å². The second-order valence-corrected chi connectivity index (χ2v) is 4.98. The minimum absolute atomic E-state index is 0.653. The molecule has 6 nitrogen and oxygen atoms in total. The Morgan fingerprint density at radius 2 is 1.95 bits per heavy atom. The number of fused-ring (bicyclic) bond motifs is 1. The maximum absolute atomic E-state index is 5.78. The summed E-state index contributed by atoms with van der Waals surface area (Å²) in [7, 11) is 5.51. The minimum Gasteiger partial charge on any atom is -0.496 e. The fraction of sp³-hybridized carbons (Fsp3) is 0.200. The van der Waals surface area contributed by atoms with Crippen molar-refractivity contribution in [1.82, 2.24) is 15.0 Å². The summed E-state index contributed by atoms with van der Waals surface area (Å²) >= 11 is 0. The Kier molecular flexibility index (Phi) is 3.13. The minimum atomic E-state index is 0.653. The lowest BCUT2D eigenvalue weighted by molar-refractivity contribution is 0.416. The summed E-state index contributed by atoms with van der Waals surface area (Å²) in [5, 5.41) is 0. The summed E-state index contributed by atoms with van der Waals surface area (Å²) < 4.78 is 5.37. The van der Waals surface area contributed by atoms with Gasteiger partial charge in [-0.25, -0.2) is 9.97 Å². The van der Waals surface area contributed by atoms with Crippen LogP contribution in [0.4, 0.5) is 11.5 Å². The number of aromatic amines is 1. The van der Waals surface area contributed by atoms with Gasteiger partial charge in [0.05, 0.1) is 18.2 Å². The smallest absolute Gasteiger partial charge is 0.180 e. The van der Waals surface area contributed by atoms with E-state index in [9.17, 15) is 0 Å². The number of anilines is 2. The Morgan fingerprint density at radius 3 is 2.67 bits per heavy atom. The van der Waals surface area contributed by atoms with Gasteiger partial charge in [0.25, 0.3) is 0 Å². The lowest BCUT2D eigenvalue weighted by Gasteiger charge is -2.09. The summed E-state index contributed by atoms with van der Waals surface area (Å²) in [6.45, 7) is 0. The number of pyridine rings is 1. The lowest BCUT2D eigenvalue weighted by Crippen LogP contribution is -2.10. The zero-order chi connectivity index (χ0) is 15.0. The van der Waals surface area contributed by atoms with Gasteiger partial charge in [-0.2, -0.15) is 0 Å². The van der Waals surface area contributed by atoms with Crippen molar-refractivity contribution in [2.24, 2.45) is 0 Å². The molecular formula is C15H17N5O. The van der Waals surface area contributed by atoms with E-state index in [1.165, 1.54) is 0 Å². The predicted octanol–water partition coefficient (Wildman–Crippen LogP) is 2.28. The van der Waals surface area contributed by atoms with Gasteiger partial charge in [-0.15, -0.1) is 0 Å². The number of hydrogen-bond donors (Lipinski definition) is 2. The molecule has 1 aromatic carbocycles. The molecule has 3 aromatic rings. The van der Waals surface area contributed by atoms with Gasteiger partial charge in [0, 0.05) is 25.8 Å². The van der Waals surface area contributed by atoms with E-state index >= 15 is 0 Å². The number of H-pyrrole nitrogens is 1. The van der Waals surface area contributed by atoms with Crippen molar-refractivity contribution < 1.29 is 4.74 Å². The van der Waals surface area contributed by atoms with E-state index < -0.39 is 0 Å². The van der Waals surface area contributed by atoms with Crippen LogP contribution in [0.1, 0.15) is 0 Å². The van der Waals surface area contributed by atoms with E-state index in [-0.39, 0.29) is 0 Å². The average molecular weight is 283 g/mol. The molecule has 3 N–H and O–H groups in total. The number of nitrogens with zero attached hydrogens (tertiary/aromatic N) is 3. The van der Waals surface area contributed by atoms with Gasteiger partial charge in [0.2, 0.25) is 0 Å². The zero-order valence-corrected chi connectivity index (χ0v) is 12.2. The number of ether oxygens (including phenoxy) is 1. The molecular weight excluding hydrogens is 266 g/mol. The molecule has 0 saturated heterocycles. The lowest BCUT2D eigenvalue weighted by atomic mass is 10.1. The highest BCUT2D eigenvalue weighted by molar-refractivity contribution is 5.79. The molecule has 0 fully saturated rings. The van der Waals surface area contributed by atoms with Crippen molar-refractivity contribution in [2.45, 2.75) is 0 Å². The van der Waals surface area contributed by atoms with E-state index in [1.54, 1.807) is 13.2 Å². The summed E-state index contributed by atoms with van der Waals surface area (Å²) in [5.41, 5.74) is 8.85. The molecule has 21 heavy (non-hydrogen) atoms. The van der Waals surface area contributed by atoms with Crippen LogP contribution in [-0.4, -0.2) is 36.2 Å². The van der Waals surface area contributed by atoms with Crippen LogP contribution in [0.2, 0.25) is 0 Å². The molecule has 0 atom stereocenters. The summed E-state index contributed by atoms with van der Waals surface area (Å²) in [4.78, 5) is 14.3. The van der Waals surface area contributed by atoms with Crippen molar-refractivity contribution in [3.05, 3.63) is 30.3 Å². The fourth-order valence-electron chi connectivity index (χ4n) is 2.16. The highest BCUT2D eigenvalue weighted by Crippen LogP contribution is 2.31. The Morgan fingerprint density at radius 1 is 1.14 bits per heavy atom. The van der Waals surface area contributed by atoms with Gasteiger partial charge >= 0.3 is 0 Å². The van der Waals surface area contributed by atoms with Crippen LogP contribution in [0, 0.1) is 0 Å². The molecule has 108 valence electrons. The van der Waals surface area contributed by atoms with Crippen LogP contribution < -0.4 is 15.4 Å². The number of nitrogens with two attached hydrogens (primary N) is 1. The topological polar surface area (TPSA) is 80.1 Å². The SMILES string of the molecule is COc1cc(N)ccc1-c1nc2nc(N(C)C)ccc2[nH]1. The maximum Gasteiger partial charge on any atom is 0.180 e. The van der Waals surface area contributed by atoms with Gasteiger partial charge in [-0.1, -0.05) is 0 Å². The number of nitrogens with one attached hydrogen (secondary N) is 1. The molecule has 0 aliphatic carbocycles. The van der Waals surface area contributed by atoms with Gasteiger partial charge in [-0.05, 0) is 24.3 Å². The van der Waals surface area contributed by atoms with Crippen LogP contribution >= 0.6 is 0 Å². The number of nitrogen functional groups attached to an aromatic ring is 1. The van der Waals surface area contributed by atoms with Gasteiger partial charge < -0.3 is 20.4 Å². The molecule has 0 aliphatic heterocycles. The number of methoxy groups -OCH3 is 1. The van der Waals surface area contributed by atoms with Crippen molar-refractivity contribution in [1.29, 1.82) is 0 Å². The molecule has 2 heterocycles. The molecule has 0 bridgehead atoms. The van der Waals surface area contributed by atoms with E-state index in [0.29, 0.717) is 22.9 Å². The summed E-state index contributed by atoms with van der Waals surface area (Å²) in [6, 6.07) is 9.41. The Hall–Kier alpha value is -2.76. The second kappa shape index (κ2) is 4.97. The Balaban J connectivity index is 2.13. The second-order valence-electron chi connectivity index (χ2n) is 4.98. The van der Waals surface area contributed by atoms with E-state index in [1.807, 2.05) is 43.3 Å². The number of imidazole rings is 1. The Labute approximate surface area is 122 Å². The first-order valence-corrected chi connectivity index (χ1v) is 6.56. The highest BCUT2D eigenvalue weighted by atomic mass is 16.5. The molecule has 0 aliphatic rings. The number of aromatic nitrogens is 3. The van der Waals surface area contributed by atoms with Crippen molar-refractivity contribution in [3.8, 4) is 17.1 Å². The van der Waals surface area contributed by atoms with Gasteiger partial charge in [0.1, 0.15) is 17.4 Å². The number of hydrogen-bond acceptors (Lipinski definition) is 5. The third kappa shape index (κ3) is 2.35. The summed E-state index contributed by atoms with van der Waals surface area (Å²) in [6.07, 6.45) is 0. The molecule has 0 amide bonds. The largest absolute Gasteiger partial charge is 0.496 e. The first kappa shape index (κ1) is 13.2. The van der Waals surface area contributed by atoms with Gasteiger partial charge in [0.15, 0.2) is 5.65 Å². The number of benzene rings is 1. The number of rotatable bonds is 3. The van der Waals surface area contributed by atoms with Crippen LogP contribution in [0.25, 0.3) is 22.6 Å². The van der Waals surface area contributed by atoms with E-state index in [4.69, 9.17) is 10.5 Å². The quantitative estimate of drug-likeness (QED) is 0.721. The molecule has 3 rings (SSSR count). The van der Waals surface area contributed by atoms with E-state index in [2.05, 4.69) is 15.0 Å². The first-order chi connectivity index (χ1) is 10.1. The zero-order valence-electron chi connectivity index (χ0n) is 12.2. The third-order valence-electron chi connectivity index (χ3n) is 3.27. The first-order valence-electron chi connectivity index (χ1n) is 6.56. The van der Waals surface area contributed by atoms with Crippen LogP contribution in [0.3, 0.4) is 0 Å². The standard InChI is InChI=1S/C15H17N5O/c1-20(2)13-7-6-11-15(18-13)19-14(17-11)10-5-4-9(16)8-12(10)21-3/h4-8H,16H2,1-3H3,(H,17,18,19). The molecule has 0 unspecified atom stereocenters. The third-order valence-corrected chi connectivity index (χ3v) is 3.27. The van der Waals surface area contributed by atoms with Crippen molar-refractivity contribution in [2.75, 3.05) is 31.8 Å². The molecule has 2 aromatic heterocycles.